The van der Waals surface area contributed by atoms with E-state index in [1.807, 2.05) is 25.1 Å². The highest BCUT2D eigenvalue weighted by molar-refractivity contribution is 5.73. The summed E-state index contributed by atoms with van der Waals surface area (Å²) >= 11 is 0. The predicted molar refractivity (Wildman–Crippen MR) is 81.6 cm³/mol. The molecule has 106 valence electrons. The van der Waals surface area contributed by atoms with Gasteiger partial charge in [0.25, 0.3) is 0 Å². The molecule has 1 aliphatic rings. The van der Waals surface area contributed by atoms with Crippen LogP contribution >= 0.6 is 0 Å². The first-order chi connectivity index (χ1) is 9.11. The average molecular weight is 262 g/mol. The van der Waals surface area contributed by atoms with Crippen LogP contribution in [0.2, 0.25) is 0 Å². The van der Waals surface area contributed by atoms with E-state index >= 15 is 0 Å². The fourth-order valence-corrected chi connectivity index (χ4v) is 3.03. The van der Waals surface area contributed by atoms with Crippen LogP contribution < -0.4 is 15.8 Å². The quantitative estimate of drug-likeness (QED) is 0.809. The van der Waals surface area contributed by atoms with E-state index in [-0.39, 0.29) is 0 Å². The Balaban J connectivity index is 2.08. The van der Waals surface area contributed by atoms with E-state index in [2.05, 4.69) is 19.2 Å². The maximum Gasteiger partial charge on any atom is 0.144 e. The number of nitrogen functional groups attached to an aromatic ring is 1. The third-order valence-corrected chi connectivity index (χ3v) is 4.14. The van der Waals surface area contributed by atoms with Gasteiger partial charge in [0.1, 0.15) is 5.75 Å². The summed E-state index contributed by atoms with van der Waals surface area (Å²) in [6.45, 7) is 7.29. The van der Waals surface area contributed by atoms with Crippen molar-refractivity contribution in [3.63, 3.8) is 0 Å². The third-order valence-electron chi connectivity index (χ3n) is 4.14. The second-order valence-electron chi connectivity index (χ2n) is 5.80. The number of nitrogens with one attached hydrogen (secondary N) is 1. The first-order valence-electron chi connectivity index (χ1n) is 7.39. The molecule has 3 N–H and O–H groups in total. The average Bonchev–Trinajstić information content (AvgIpc) is 2.37. The van der Waals surface area contributed by atoms with Crippen molar-refractivity contribution in [3.05, 3.63) is 18.2 Å². The highest BCUT2D eigenvalue weighted by Gasteiger charge is 2.25. The number of hydrogen-bond acceptors (Lipinski definition) is 3. The Morgan fingerprint density at radius 3 is 2.79 bits per heavy atom. The van der Waals surface area contributed by atoms with Gasteiger partial charge >= 0.3 is 0 Å². The number of para-hydroxylation sites is 1. The minimum atomic E-state index is 0.523. The summed E-state index contributed by atoms with van der Waals surface area (Å²) in [5.41, 5.74) is 7.91. The molecule has 0 bridgehead atoms. The Hall–Kier alpha value is -1.38. The van der Waals surface area contributed by atoms with Gasteiger partial charge in [-0.05, 0) is 50.2 Å². The van der Waals surface area contributed by atoms with Crippen LogP contribution in [0, 0.1) is 11.8 Å². The molecule has 0 aromatic heterocycles. The Kier molecular flexibility index (Phi) is 4.56. The van der Waals surface area contributed by atoms with Crippen molar-refractivity contribution in [1.82, 2.24) is 0 Å². The summed E-state index contributed by atoms with van der Waals surface area (Å²) < 4.78 is 5.55. The van der Waals surface area contributed by atoms with Gasteiger partial charge in [-0.25, -0.2) is 0 Å². The van der Waals surface area contributed by atoms with Gasteiger partial charge in [-0.2, -0.15) is 0 Å². The van der Waals surface area contributed by atoms with Crippen molar-refractivity contribution in [3.8, 4) is 5.75 Å². The lowest BCUT2D eigenvalue weighted by atomic mass is 9.80. The smallest absolute Gasteiger partial charge is 0.144 e. The number of hydrogen-bond donors (Lipinski definition) is 2. The molecular formula is C16H26N2O. The number of nitrogens with two attached hydrogens (primary N) is 1. The molecule has 0 spiro atoms. The zero-order valence-corrected chi connectivity index (χ0v) is 12.3. The zero-order valence-electron chi connectivity index (χ0n) is 12.3. The lowest BCUT2D eigenvalue weighted by molar-refractivity contribution is 0.276. The van der Waals surface area contributed by atoms with Crippen molar-refractivity contribution >= 4 is 11.4 Å². The number of benzene rings is 1. The van der Waals surface area contributed by atoms with E-state index in [0.29, 0.717) is 18.6 Å². The van der Waals surface area contributed by atoms with Crippen molar-refractivity contribution < 1.29 is 4.74 Å². The summed E-state index contributed by atoms with van der Waals surface area (Å²) in [6.07, 6.45) is 3.82. The molecule has 3 unspecified atom stereocenters. The van der Waals surface area contributed by atoms with Gasteiger partial charge in [0, 0.05) is 6.04 Å². The predicted octanol–water partition coefficient (Wildman–Crippen LogP) is 3.90. The van der Waals surface area contributed by atoms with Crippen LogP contribution in [0.15, 0.2) is 18.2 Å². The van der Waals surface area contributed by atoms with Gasteiger partial charge in [-0.3, -0.25) is 0 Å². The lowest BCUT2D eigenvalue weighted by Gasteiger charge is -2.34. The third kappa shape index (κ3) is 3.34. The topological polar surface area (TPSA) is 47.3 Å². The van der Waals surface area contributed by atoms with Crippen LogP contribution in [-0.2, 0) is 0 Å². The SMILES string of the molecule is CCOc1cccc(NC2CCC(C)CC2C)c1N. The van der Waals surface area contributed by atoms with Gasteiger partial charge in [-0.15, -0.1) is 0 Å². The van der Waals surface area contributed by atoms with Crippen LogP contribution in [-0.4, -0.2) is 12.6 Å². The van der Waals surface area contributed by atoms with E-state index in [0.717, 1.165) is 23.0 Å². The van der Waals surface area contributed by atoms with Crippen LogP contribution in [0.5, 0.6) is 5.75 Å². The number of anilines is 2. The highest BCUT2D eigenvalue weighted by atomic mass is 16.5. The first kappa shape index (κ1) is 14.0. The fourth-order valence-electron chi connectivity index (χ4n) is 3.03. The van der Waals surface area contributed by atoms with Crippen molar-refractivity contribution in [1.29, 1.82) is 0 Å². The van der Waals surface area contributed by atoms with Crippen LogP contribution in [0.3, 0.4) is 0 Å². The van der Waals surface area contributed by atoms with E-state index in [9.17, 15) is 0 Å². The minimum Gasteiger partial charge on any atom is -0.492 e. The van der Waals surface area contributed by atoms with E-state index in [1.165, 1.54) is 19.3 Å². The summed E-state index contributed by atoms with van der Waals surface area (Å²) in [7, 11) is 0. The molecule has 3 atom stereocenters. The molecule has 1 aromatic carbocycles. The van der Waals surface area contributed by atoms with Gasteiger partial charge in [0.05, 0.1) is 18.0 Å². The molecular weight excluding hydrogens is 236 g/mol. The number of rotatable bonds is 4. The second-order valence-corrected chi connectivity index (χ2v) is 5.80. The molecule has 1 aromatic rings. The van der Waals surface area contributed by atoms with E-state index in [1.54, 1.807) is 0 Å². The molecule has 0 amide bonds. The van der Waals surface area contributed by atoms with Crippen LogP contribution in [0.1, 0.15) is 40.0 Å². The number of ether oxygens (including phenoxy) is 1. The fraction of sp³-hybridized carbons (Fsp3) is 0.625. The summed E-state index contributed by atoms with van der Waals surface area (Å²) in [6, 6.07) is 6.49. The molecule has 1 fully saturated rings. The summed E-state index contributed by atoms with van der Waals surface area (Å²) in [5, 5.41) is 3.61. The van der Waals surface area contributed by atoms with E-state index in [4.69, 9.17) is 10.5 Å². The van der Waals surface area contributed by atoms with Gasteiger partial charge in [0.2, 0.25) is 0 Å². The van der Waals surface area contributed by atoms with Crippen molar-refractivity contribution in [2.24, 2.45) is 11.8 Å². The van der Waals surface area contributed by atoms with Gasteiger partial charge in [0.15, 0.2) is 0 Å². The Labute approximate surface area is 116 Å². The lowest BCUT2D eigenvalue weighted by Crippen LogP contribution is -2.33. The summed E-state index contributed by atoms with van der Waals surface area (Å²) in [4.78, 5) is 0. The molecule has 2 rings (SSSR count). The molecule has 0 aliphatic heterocycles. The second kappa shape index (κ2) is 6.18. The minimum absolute atomic E-state index is 0.523. The molecule has 0 saturated heterocycles. The standard InChI is InChI=1S/C16H26N2O/c1-4-19-15-7-5-6-14(16(15)17)18-13-9-8-11(2)10-12(13)3/h5-7,11-13,18H,4,8-10,17H2,1-3H3. The normalized spacial score (nSPS) is 27.0. The molecule has 0 heterocycles. The molecule has 1 aliphatic carbocycles. The van der Waals surface area contributed by atoms with E-state index < -0.39 is 0 Å². The Morgan fingerprint density at radius 1 is 1.32 bits per heavy atom. The zero-order chi connectivity index (χ0) is 13.8. The molecule has 1 saturated carbocycles. The molecule has 19 heavy (non-hydrogen) atoms. The largest absolute Gasteiger partial charge is 0.492 e. The van der Waals surface area contributed by atoms with Crippen LogP contribution in [0.25, 0.3) is 0 Å². The van der Waals surface area contributed by atoms with Crippen molar-refractivity contribution in [2.45, 2.75) is 46.1 Å². The van der Waals surface area contributed by atoms with Gasteiger partial charge < -0.3 is 15.8 Å². The summed E-state index contributed by atoms with van der Waals surface area (Å²) in [5.74, 6) is 2.32. The van der Waals surface area contributed by atoms with Gasteiger partial charge in [-0.1, -0.05) is 19.9 Å². The molecule has 3 nitrogen and oxygen atoms in total. The maximum atomic E-state index is 6.17. The monoisotopic (exact) mass is 262 g/mol. The molecule has 0 radical (unpaired) electrons. The van der Waals surface area contributed by atoms with Crippen LogP contribution in [0.4, 0.5) is 11.4 Å². The highest BCUT2D eigenvalue weighted by Crippen LogP contribution is 2.34. The first-order valence-corrected chi connectivity index (χ1v) is 7.39. The Bertz CT molecular complexity index is 419. The maximum absolute atomic E-state index is 6.17. The molecule has 3 heteroatoms. The Morgan fingerprint density at radius 2 is 2.11 bits per heavy atom. The van der Waals surface area contributed by atoms with Crippen molar-refractivity contribution in [2.75, 3.05) is 17.7 Å².